The minimum atomic E-state index is -0.165. The summed E-state index contributed by atoms with van der Waals surface area (Å²) in [5.74, 6) is 0.521. The van der Waals surface area contributed by atoms with Gasteiger partial charge in [-0.3, -0.25) is 4.79 Å². The second kappa shape index (κ2) is 6.83. The van der Waals surface area contributed by atoms with Crippen LogP contribution in [0.1, 0.15) is 44.1 Å². The smallest absolute Gasteiger partial charge is 0.271 e. The molecule has 1 rings (SSSR count). The molecule has 0 aliphatic carbocycles. The summed E-state index contributed by atoms with van der Waals surface area (Å²) >= 11 is 0. The SMILES string of the molecule is CCCCNC(=O)c1ccc(NC(C)C)nn1. The van der Waals surface area contributed by atoms with Crippen molar-refractivity contribution in [1.82, 2.24) is 15.5 Å². The second-order valence-electron chi connectivity index (χ2n) is 4.21. The molecule has 0 saturated carbocycles. The number of aromatic nitrogens is 2. The summed E-state index contributed by atoms with van der Waals surface area (Å²) < 4.78 is 0. The normalized spacial score (nSPS) is 10.4. The Morgan fingerprint density at radius 2 is 2.12 bits per heavy atom. The molecule has 5 nitrogen and oxygen atoms in total. The monoisotopic (exact) mass is 236 g/mol. The highest BCUT2D eigenvalue weighted by molar-refractivity contribution is 5.92. The molecule has 2 N–H and O–H groups in total. The molecule has 0 saturated heterocycles. The number of nitrogens with one attached hydrogen (secondary N) is 2. The van der Waals surface area contributed by atoms with E-state index in [1.807, 2.05) is 13.8 Å². The van der Waals surface area contributed by atoms with Crippen LogP contribution in [-0.2, 0) is 0 Å². The van der Waals surface area contributed by atoms with Gasteiger partial charge in [-0.1, -0.05) is 13.3 Å². The maximum Gasteiger partial charge on any atom is 0.271 e. The van der Waals surface area contributed by atoms with Gasteiger partial charge in [0, 0.05) is 12.6 Å². The number of carbonyl (C=O) groups excluding carboxylic acids is 1. The summed E-state index contributed by atoms with van der Waals surface area (Å²) in [6.07, 6.45) is 2.04. The van der Waals surface area contributed by atoms with Crippen molar-refractivity contribution >= 4 is 11.7 Å². The molecule has 17 heavy (non-hydrogen) atoms. The van der Waals surface area contributed by atoms with Crippen molar-refractivity contribution in [3.8, 4) is 0 Å². The van der Waals surface area contributed by atoms with E-state index in [2.05, 4.69) is 27.8 Å². The van der Waals surface area contributed by atoms with Gasteiger partial charge in [0.2, 0.25) is 0 Å². The number of amides is 1. The maximum absolute atomic E-state index is 11.6. The summed E-state index contributed by atoms with van der Waals surface area (Å²) in [4.78, 5) is 11.6. The molecule has 1 heterocycles. The van der Waals surface area contributed by atoms with E-state index < -0.39 is 0 Å². The lowest BCUT2D eigenvalue weighted by Crippen LogP contribution is -2.25. The minimum Gasteiger partial charge on any atom is -0.366 e. The van der Waals surface area contributed by atoms with Gasteiger partial charge >= 0.3 is 0 Å². The lowest BCUT2D eigenvalue weighted by molar-refractivity contribution is 0.0947. The van der Waals surface area contributed by atoms with E-state index >= 15 is 0 Å². The third-order valence-corrected chi connectivity index (χ3v) is 2.15. The maximum atomic E-state index is 11.6. The highest BCUT2D eigenvalue weighted by Gasteiger charge is 2.07. The van der Waals surface area contributed by atoms with Crippen LogP contribution in [0.3, 0.4) is 0 Å². The Bertz CT molecular complexity index is 348. The van der Waals surface area contributed by atoms with Crippen LogP contribution in [0.4, 0.5) is 5.82 Å². The number of unbranched alkanes of at least 4 members (excludes halogenated alkanes) is 1. The van der Waals surface area contributed by atoms with Gasteiger partial charge < -0.3 is 10.6 Å². The van der Waals surface area contributed by atoms with Crippen LogP contribution < -0.4 is 10.6 Å². The number of rotatable bonds is 6. The quantitative estimate of drug-likeness (QED) is 0.739. The average molecular weight is 236 g/mol. The Morgan fingerprint density at radius 3 is 2.65 bits per heavy atom. The molecule has 1 aromatic heterocycles. The molecule has 0 bridgehead atoms. The first-order valence-electron chi connectivity index (χ1n) is 6.02. The fourth-order valence-electron chi connectivity index (χ4n) is 1.30. The Hall–Kier alpha value is -1.65. The predicted octanol–water partition coefficient (Wildman–Crippen LogP) is 1.83. The standard InChI is InChI=1S/C12H20N4O/c1-4-5-8-13-12(17)10-6-7-11(16-15-10)14-9(2)3/h6-7,9H,4-5,8H2,1-3H3,(H,13,17)(H,14,16). The van der Waals surface area contributed by atoms with Crippen LogP contribution in [0.5, 0.6) is 0 Å². The summed E-state index contributed by atoms with van der Waals surface area (Å²) in [7, 11) is 0. The van der Waals surface area contributed by atoms with Crippen LogP contribution >= 0.6 is 0 Å². The van der Waals surface area contributed by atoms with E-state index in [-0.39, 0.29) is 5.91 Å². The van der Waals surface area contributed by atoms with Gasteiger partial charge in [0.25, 0.3) is 5.91 Å². The van der Waals surface area contributed by atoms with E-state index in [1.165, 1.54) is 0 Å². The van der Waals surface area contributed by atoms with Gasteiger partial charge in [0.1, 0.15) is 5.82 Å². The van der Waals surface area contributed by atoms with Crippen LogP contribution in [-0.4, -0.2) is 28.7 Å². The molecule has 0 unspecified atom stereocenters. The lowest BCUT2D eigenvalue weighted by Gasteiger charge is -2.08. The summed E-state index contributed by atoms with van der Waals surface area (Å²) in [6, 6.07) is 3.74. The average Bonchev–Trinajstić information content (AvgIpc) is 2.29. The highest BCUT2D eigenvalue weighted by Crippen LogP contribution is 2.03. The van der Waals surface area contributed by atoms with Gasteiger partial charge in [0.05, 0.1) is 0 Å². The Kier molecular flexibility index (Phi) is 5.39. The first kappa shape index (κ1) is 13.4. The molecule has 0 aliphatic heterocycles. The van der Waals surface area contributed by atoms with E-state index in [0.29, 0.717) is 24.1 Å². The highest BCUT2D eigenvalue weighted by atomic mass is 16.1. The molecular weight excluding hydrogens is 216 g/mol. The Morgan fingerprint density at radius 1 is 1.35 bits per heavy atom. The van der Waals surface area contributed by atoms with E-state index in [4.69, 9.17) is 0 Å². The molecule has 5 heteroatoms. The van der Waals surface area contributed by atoms with E-state index in [1.54, 1.807) is 12.1 Å². The summed E-state index contributed by atoms with van der Waals surface area (Å²) in [5.41, 5.74) is 0.357. The molecule has 0 spiro atoms. The van der Waals surface area contributed by atoms with E-state index in [0.717, 1.165) is 12.8 Å². The summed E-state index contributed by atoms with van der Waals surface area (Å²) in [6.45, 7) is 6.81. The number of hydrogen-bond acceptors (Lipinski definition) is 4. The predicted molar refractivity (Wildman–Crippen MR) is 68.0 cm³/mol. The first-order valence-corrected chi connectivity index (χ1v) is 6.02. The van der Waals surface area contributed by atoms with Crippen molar-refractivity contribution in [2.75, 3.05) is 11.9 Å². The minimum absolute atomic E-state index is 0.165. The van der Waals surface area contributed by atoms with Gasteiger partial charge in [0.15, 0.2) is 5.69 Å². The zero-order valence-electron chi connectivity index (χ0n) is 10.7. The molecule has 94 valence electrons. The lowest BCUT2D eigenvalue weighted by atomic mass is 10.3. The fraction of sp³-hybridized carbons (Fsp3) is 0.583. The molecule has 0 aromatic carbocycles. The van der Waals surface area contributed by atoms with Crippen molar-refractivity contribution < 1.29 is 4.79 Å². The van der Waals surface area contributed by atoms with Crippen LogP contribution in [0.15, 0.2) is 12.1 Å². The van der Waals surface area contributed by atoms with Crippen molar-refractivity contribution in [2.24, 2.45) is 0 Å². The molecule has 1 aromatic rings. The number of nitrogens with zero attached hydrogens (tertiary/aromatic N) is 2. The molecular formula is C12H20N4O. The molecule has 0 atom stereocenters. The third-order valence-electron chi connectivity index (χ3n) is 2.15. The molecule has 0 radical (unpaired) electrons. The molecule has 0 fully saturated rings. The zero-order chi connectivity index (χ0) is 12.7. The third kappa shape index (κ3) is 4.80. The van der Waals surface area contributed by atoms with Gasteiger partial charge in [-0.25, -0.2) is 0 Å². The van der Waals surface area contributed by atoms with Crippen LogP contribution in [0, 0.1) is 0 Å². The van der Waals surface area contributed by atoms with Crippen molar-refractivity contribution in [3.05, 3.63) is 17.8 Å². The zero-order valence-corrected chi connectivity index (χ0v) is 10.7. The Balaban J connectivity index is 2.52. The number of hydrogen-bond donors (Lipinski definition) is 2. The van der Waals surface area contributed by atoms with E-state index in [9.17, 15) is 4.79 Å². The second-order valence-corrected chi connectivity index (χ2v) is 4.21. The molecule has 0 aliphatic rings. The first-order chi connectivity index (χ1) is 8.13. The summed E-state index contributed by atoms with van der Waals surface area (Å²) in [5, 5.41) is 13.7. The van der Waals surface area contributed by atoms with Crippen LogP contribution in [0.2, 0.25) is 0 Å². The largest absolute Gasteiger partial charge is 0.366 e. The number of anilines is 1. The van der Waals surface area contributed by atoms with Crippen molar-refractivity contribution in [2.45, 2.75) is 39.7 Å². The van der Waals surface area contributed by atoms with Crippen molar-refractivity contribution in [3.63, 3.8) is 0 Å². The van der Waals surface area contributed by atoms with Gasteiger partial charge in [-0.15, -0.1) is 10.2 Å². The topological polar surface area (TPSA) is 66.9 Å². The van der Waals surface area contributed by atoms with Gasteiger partial charge in [-0.2, -0.15) is 0 Å². The molecule has 1 amide bonds. The van der Waals surface area contributed by atoms with Gasteiger partial charge in [-0.05, 0) is 32.4 Å². The Labute approximate surface area is 102 Å². The van der Waals surface area contributed by atoms with Crippen LogP contribution in [0.25, 0.3) is 0 Å². The number of carbonyl (C=O) groups is 1. The van der Waals surface area contributed by atoms with Crippen molar-refractivity contribution in [1.29, 1.82) is 0 Å². The fourth-order valence-corrected chi connectivity index (χ4v) is 1.30.